The second-order valence-corrected chi connectivity index (χ2v) is 5.53. The van der Waals surface area contributed by atoms with Gasteiger partial charge in [0.05, 0.1) is 24.9 Å². The molecule has 0 aliphatic rings. The van der Waals surface area contributed by atoms with Crippen LogP contribution in [0.4, 0.5) is 5.69 Å². The average molecular weight is 347 g/mol. The Labute approximate surface area is 138 Å². The maximum Gasteiger partial charge on any atom is 0.162 e. The summed E-state index contributed by atoms with van der Waals surface area (Å²) in [7, 11) is 3.15. The van der Waals surface area contributed by atoms with Crippen molar-refractivity contribution >= 4 is 40.5 Å². The van der Waals surface area contributed by atoms with E-state index in [2.05, 4.69) is 5.32 Å². The Morgan fingerprint density at radius 1 is 0.905 bits per heavy atom. The third-order valence-corrected chi connectivity index (χ3v) is 3.85. The van der Waals surface area contributed by atoms with E-state index in [0.717, 1.165) is 11.3 Å². The van der Waals surface area contributed by atoms with Gasteiger partial charge in [-0.2, -0.15) is 0 Å². The predicted octanol–water partition coefficient (Wildman–Crippen LogP) is 5.28. The molecule has 0 saturated carbocycles. The number of hydrogen-bond donors (Lipinski definition) is 1. The first-order chi connectivity index (χ1) is 10.0. The number of anilines is 1. The fraction of sp³-hybridized carbons (Fsp3) is 0.200. The number of methoxy groups -OCH3 is 2. The van der Waals surface area contributed by atoms with Crippen LogP contribution in [-0.4, -0.2) is 14.2 Å². The van der Waals surface area contributed by atoms with Gasteiger partial charge in [0.15, 0.2) is 11.5 Å². The highest BCUT2D eigenvalue weighted by Gasteiger charge is 2.10. The van der Waals surface area contributed by atoms with E-state index in [0.29, 0.717) is 33.1 Å². The first-order valence-electron chi connectivity index (χ1n) is 6.14. The summed E-state index contributed by atoms with van der Waals surface area (Å²) in [6.07, 6.45) is 0. The first-order valence-corrected chi connectivity index (χ1v) is 7.28. The van der Waals surface area contributed by atoms with Gasteiger partial charge in [0, 0.05) is 22.7 Å². The Kier molecular flexibility index (Phi) is 5.45. The molecule has 2 rings (SSSR count). The van der Waals surface area contributed by atoms with Crippen molar-refractivity contribution in [1.82, 2.24) is 0 Å². The SMILES string of the molecule is COc1cc(Cl)c(CNc2ccc(Cl)cc2Cl)cc1OC. The molecule has 0 fully saturated rings. The zero-order valence-corrected chi connectivity index (χ0v) is 13.8. The quantitative estimate of drug-likeness (QED) is 0.799. The molecule has 0 heterocycles. The summed E-state index contributed by atoms with van der Waals surface area (Å²) in [4.78, 5) is 0. The van der Waals surface area contributed by atoms with Gasteiger partial charge in [0.25, 0.3) is 0 Å². The predicted molar refractivity (Wildman–Crippen MR) is 88.3 cm³/mol. The largest absolute Gasteiger partial charge is 0.493 e. The van der Waals surface area contributed by atoms with Crippen molar-refractivity contribution in [2.45, 2.75) is 6.54 Å². The lowest BCUT2D eigenvalue weighted by molar-refractivity contribution is 0.354. The number of benzene rings is 2. The van der Waals surface area contributed by atoms with E-state index in [1.165, 1.54) is 0 Å². The highest BCUT2D eigenvalue weighted by molar-refractivity contribution is 6.36. The second-order valence-electron chi connectivity index (χ2n) is 4.28. The molecule has 0 saturated heterocycles. The molecule has 2 aromatic rings. The third kappa shape index (κ3) is 3.88. The van der Waals surface area contributed by atoms with Gasteiger partial charge >= 0.3 is 0 Å². The van der Waals surface area contributed by atoms with Gasteiger partial charge in [0.1, 0.15) is 0 Å². The average Bonchev–Trinajstić information content (AvgIpc) is 2.47. The Bertz CT molecular complexity index is 647. The summed E-state index contributed by atoms with van der Waals surface area (Å²) in [6.45, 7) is 0.501. The van der Waals surface area contributed by atoms with E-state index in [4.69, 9.17) is 44.3 Å². The van der Waals surface area contributed by atoms with Gasteiger partial charge < -0.3 is 14.8 Å². The van der Waals surface area contributed by atoms with Crippen molar-refractivity contribution in [2.75, 3.05) is 19.5 Å². The van der Waals surface area contributed by atoms with Crippen LogP contribution in [0.15, 0.2) is 30.3 Å². The van der Waals surface area contributed by atoms with Gasteiger partial charge in [-0.25, -0.2) is 0 Å². The molecule has 0 radical (unpaired) electrons. The molecular formula is C15H14Cl3NO2. The zero-order chi connectivity index (χ0) is 15.4. The Morgan fingerprint density at radius 2 is 1.57 bits per heavy atom. The van der Waals surface area contributed by atoms with E-state index in [-0.39, 0.29) is 0 Å². The minimum Gasteiger partial charge on any atom is -0.493 e. The normalized spacial score (nSPS) is 10.3. The molecule has 2 aromatic carbocycles. The molecule has 0 spiro atoms. The Balaban J connectivity index is 2.19. The van der Waals surface area contributed by atoms with Gasteiger partial charge in [-0.1, -0.05) is 34.8 Å². The van der Waals surface area contributed by atoms with Crippen LogP contribution in [0.5, 0.6) is 11.5 Å². The van der Waals surface area contributed by atoms with Crippen molar-refractivity contribution in [1.29, 1.82) is 0 Å². The molecule has 0 aliphatic heterocycles. The summed E-state index contributed by atoms with van der Waals surface area (Å²) in [6, 6.07) is 8.83. The summed E-state index contributed by atoms with van der Waals surface area (Å²) in [5, 5.41) is 4.95. The van der Waals surface area contributed by atoms with E-state index in [9.17, 15) is 0 Å². The third-order valence-electron chi connectivity index (χ3n) is 2.95. The minimum absolute atomic E-state index is 0.501. The Morgan fingerprint density at radius 3 is 2.19 bits per heavy atom. The van der Waals surface area contributed by atoms with Gasteiger partial charge in [-0.3, -0.25) is 0 Å². The van der Waals surface area contributed by atoms with Crippen LogP contribution in [0.3, 0.4) is 0 Å². The Hall–Kier alpha value is -1.29. The molecule has 0 atom stereocenters. The van der Waals surface area contributed by atoms with Gasteiger partial charge in [0.2, 0.25) is 0 Å². The van der Waals surface area contributed by atoms with E-state index in [1.54, 1.807) is 32.4 Å². The molecule has 1 N–H and O–H groups in total. The molecule has 0 aliphatic carbocycles. The van der Waals surface area contributed by atoms with E-state index < -0.39 is 0 Å². The molecule has 3 nitrogen and oxygen atoms in total. The highest BCUT2D eigenvalue weighted by atomic mass is 35.5. The van der Waals surface area contributed by atoms with Crippen LogP contribution in [0.2, 0.25) is 15.1 Å². The summed E-state index contributed by atoms with van der Waals surface area (Å²) in [5.74, 6) is 1.22. The number of halogens is 3. The van der Waals surface area contributed by atoms with Crippen molar-refractivity contribution in [3.05, 3.63) is 51.0 Å². The molecular weight excluding hydrogens is 333 g/mol. The lowest BCUT2D eigenvalue weighted by Crippen LogP contribution is -2.02. The lowest BCUT2D eigenvalue weighted by Gasteiger charge is -2.13. The summed E-state index contributed by atoms with van der Waals surface area (Å²) < 4.78 is 10.5. The number of hydrogen-bond acceptors (Lipinski definition) is 3. The van der Waals surface area contributed by atoms with Crippen molar-refractivity contribution in [3.8, 4) is 11.5 Å². The van der Waals surface area contributed by atoms with E-state index in [1.807, 2.05) is 12.1 Å². The molecule has 21 heavy (non-hydrogen) atoms. The minimum atomic E-state index is 0.501. The lowest BCUT2D eigenvalue weighted by atomic mass is 10.2. The van der Waals surface area contributed by atoms with Crippen molar-refractivity contribution < 1.29 is 9.47 Å². The fourth-order valence-electron chi connectivity index (χ4n) is 1.86. The summed E-state index contributed by atoms with van der Waals surface area (Å²) >= 11 is 18.2. The van der Waals surface area contributed by atoms with Crippen LogP contribution in [0.25, 0.3) is 0 Å². The number of nitrogens with one attached hydrogen (secondary N) is 1. The second kappa shape index (κ2) is 7.12. The topological polar surface area (TPSA) is 30.5 Å². The smallest absolute Gasteiger partial charge is 0.162 e. The van der Waals surface area contributed by atoms with Crippen LogP contribution < -0.4 is 14.8 Å². The molecule has 112 valence electrons. The fourth-order valence-corrected chi connectivity index (χ4v) is 2.55. The summed E-state index contributed by atoms with van der Waals surface area (Å²) in [5.41, 5.74) is 1.66. The molecule has 0 aromatic heterocycles. The van der Waals surface area contributed by atoms with Crippen LogP contribution in [0, 0.1) is 0 Å². The van der Waals surface area contributed by atoms with Crippen LogP contribution in [0.1, 0.15) is 5.56 Å². The molecule has 0 bridgehead atoms. The first kappa shape index (κ1) is 16.1. The maximum atomic E-state index is 6.24. The van der Waals surface area contributed by atoms with Gasteiger partial charge in [-0.15, -0.1) is 0 Å². The molecule has 0 amide bonds. The number of rotatable bonds is 5. The number of ether oxygens (including phenoxy) is 2. The monoisotopic (exact) mass is 345 g/mol. The van der Waals surface area contributed by atoms with Crippen molar-refractivity contribution in [3.63, 3.8) is 0 Å². The molecule has 0 unspecified atom stereocenters. The maximum absolute atomic E-state index is 6.24. The van der Waals surface area contributed by atoms with Crippen LogP contribution in [-0.2, 0) is 6.54 Å². The van der Waals surface area contributed by atoms with E-state index >= 15 is 0 Å². The van der Waals surface area contributed by atoms with Crippen molar-refractivity contribution in [2.24, 2.45) is 0 Å². The highest BCUT2D eigenvalue weighted by Crippen LogP contribution is 2.34. The van der Waals surface area contributed by atoms with Gasteiger partial charge in [-0.05, 0) is 29.8 Å². The standard InChI is InChI=1S/C15H14Cl3NO2/c1-20-14-5-9(11(17)7-15(14)21-2)8-19-13-4-3-10(16)6-12(13)18/h3-7,19H,8H2,1-2H3. The van der Waals surface area contributed by atoms with Crippen LogP contribution >= 0.6 is 34.8 Å². The zero-order valence-electron chi connectivity index (χ0n) is 11.5. The molecule has 6 heteroatoms.